The Morgan fingerprint density at radius 2 is 2.07 bits per heavy atom. The van der Waals surface area contributed by atoms with Crippen LogP contribution in [0.3, 0.4) is 0 Å². The van der Waals surface area contributed by atoms with E-state index < -0.39 is 8.07 Å². The van der Waals surface area contributed by atoms with Crippen molar-refractivity contribution in [3.63, 3.8) is 0 Å². The third-order valence-electron chi connectivity index (χ3n) is 1.76. The molecule has 0 unspecified atom stereocenters. The molecule has 4 heteroatoms. The number of hydrogen-bond acceptors (Lipinski definition) is 3. The molecule has 0 aliphatic rings. The SMILES string of the molecule is CCOC(=O)C[C@@H](C#N)C[Si](C)(C)C. The number of carbonyl (C=O) groups excluding carboxylic acids is 1. The molecule has 0 saturated heterocycles. The van der Waals surface area contributed by atoms with E-state index in [9.17, 15) is 4.79 Å². The van der Waals surface area contributed by atoms with E-state index >= 15 is 0 Å². The second-order valence-electron chi connectivity index (χ2n) is 4.60. The first-order valence-electron chi connectivity index (χ1n) is 4.94. The first kappa shape index (κ1) is 13.2. The number of rotatable bonds is 5. The van der Waals surface area contributed by atoms with Gasteiger partial charge in [-0.1, -0.05) is 19.6 Å². The molecule has 0 fully saturated rings. The summed E-state index contributed by atoms with van der Waals surface area (Å²) in [5.74, 6) is -0.419. The van der Waals surface area contributed by atoms with Gasteiger partial charge < -0.3 is 4.74 Å². The van der Waals surface area contributed by atoms with Crippen molar-refractivity contribution in [3.8, 4) is 6.07 Å². The van der Waals surface area contributed by atoms with E-state index in [1.54, 1.807) is 6.92 Å². The quantitative estimate of drug-likeness (QED) is 0.520. The molecule has 0 amide bonds. The number of carbonyl (C=O) groups is 1. The van der Waals surface area contributed by atoms with E-state index in [0.717, 1.165) is 6.04 Å². The second kappa shape index (κ2) is 5.81. The summed E-state index contributed by atoms with van der Waals surface area (Å²) in [6.45, 7) is 8.76. The van der Waals surface area contributed by atoms with Crippen molar-refractivity contribution in [3.05, 3.63) is 0 Å². The van der Waals surface area contributed by atoms with Crippen LogP contribution < -0.4 is 0 Å². The van der Waals surface area contributed by atoms with Crippen LogP contribution >= 0.6 is 0 Å². The van der Waals surface area contributed by atoms with Crippen LogP contribution in [0.5, 0.6) is 0 Å². The first-order valence-corrected chi connectivity index (χ1v) is 8.65. The fourth-order valence-electron chi connectivity index (χ4n) is 1.32. The molecule has 0 aromatic rings. The summed E-state index contributed by atoms with van der Waals surface area (Å²) >= 11 is 0. The van der Waals surface area contributed by atoms with Crippen molar-refractivity contribution < 1.29 is 9.53 Å². The highest BCUT2D eigenvalue weighted by atomic mass is 28.3. The number of ether oxygens (including phenoxy) is 1. The summed E-state index contributed by atoms with van der Waals surface area (Å²) in [5, 5.41) is 8.87. The lowest BCUT2D eigenvalue weighted by Gasteiger charge is -2.18. The van der Waals surface area contributed by atoms with Gasteiger partial charge in [-0.3, -0.25) is 4.79 Å². The fourth-order valence-corrected chi connectivity index (χ4v) is 3.04. The summed E-state index contributed by atoms with van der Waals surface area (Å²) in [7, 11) is -1.26. The molecule has 0 aliphatic heterocycles. The normalized spacial score (nSPS) is 13.1. The van der Waals surface area contributed by atoms with Crippen molar-refractivity contribution in [1.82, 2.24) is 0 Å². The summed E-state index contributed by atoms with van der Waals surface area (Å²) in [4.78, 5) is 11.1. The highest BCUT2D eigenvalue weighted by molar-refractivity contribution is 6.76. The largest absolute Gasteiger partial charge is 0.466 e. The summed E-state index contributed by atoms with van der Waals surface area (Å²) in [6.07, 6.45) is 0.245. The Balaban J connectivity index is 4.05. The molecular weight excluding hydrogens is 194 g/mol. The highest BCUT2D eigenvalue weighted by Gasteiger charge is 2.22. The van der Waals surface area contributed by atoms with Crippen molar-refractivity contribution in [2.45, 2.75) is 39.0 Å². The van der Waals surface area contributed by atoms with Gasteiger partial charge in [-0.15, -0.1) is 0 Å². The molecule has 0 N–H and O–H groups in total. The van der Waals surface area contributed by atoms with Gasteiger partial charge in [0.2, 0.25) is 0 Å². The third-order valence-corrected chi connectivity index (χ3v) is 3.48. The van der Waals surface area contributed by atoms with E-state index in [1.165, 1.54) is 0 Å². The maximum Gasteiger partial charge on any atom is 0.307 e. The van der Waals surface area contributed by atoms with Crippen LogP contribution in [-0.4, -0.2) is 20.7 Å². The average Bonchev–Trinajstić information content (AvgIpc) is 2.01. The zero-order valence-electron chi connectivity index (χ0n) is 9.46. The van der Waals surface area contributed by atoms with Crippen LogP contribution in [0, 0.1) is 17.2 Å². The monoisotopic (exact) mass is 213 g/mol. The lowest BCUT2D eigenvalue weighted by atomic mass is 10.1. The number of hydrogen-bond donors (Lipinski definition) is 0. The van der Waals surface area contributed by atoms with Crippen molar-refractivity contribution in [1.29, 1.82) is 5.26 Å². The van der Waals surface area contributed by atoms with Gasteiger partial charge in [-0.2, -0.15) is 5.26 Å². The van der Waals surface area contributed by atoms with Gasteiger partial charge in [0.1, 0.15) is 0 Å². The predicted molar refractivity (Wildman–Crippen MR) is 58.5 cm³/mol. The number of nitriles is 1. The van der Waals surface area contributed by atoms with Crippen LogP contribution in [0.2, 0.25) is 25.7 Å². The molecule has 0 radical (unpaired) electrons. The molecule has 80 valence electrons. The molecule has 0 spiro atoms. The van der Waals surface area contributed by atoms with E-state index in [4.69, 9.17) is 10.00 Å². The standard InChI is InChI=1S/C10H19NO2Si/c1-5-13-10(12)6-9(7-11)8-14(2,3)4/h9H,5-6,8H2,1-4H3/t9-/m0/s1. The molecule has 14 heavy (non-hydrogen) atoms. The fraction of sp³-hybridized carbons (Fsp3) is 0.800. The zero-order valence-corrected chi connectivity index (χ0v) is 10.5. The van der Waals surface area contributed by atoms with E-state index in [-0.39, 0.29) is 18.3 Å². The Morgan fingerprint density at radius 1 is 1.50 bits per heavy atom. The van der Waals surface area contributed by atoms with Crippen molar-refractivity contribution in [2.75, 3.05) is 6.61 Å². The van der Waals surface area contributed by atoms with Gasteiger partial charge in [0.05, 0.1) is 25.0 Å². The van der Waals surface area contributed by atoms with Gasteiger partial charge in [0.25, 0.3) is 0 Å². The third kappa shape index (κ3) is 6.67. The molecule has 0 aliphatic carbocycles. The highest BCUT2D eigenvalue weighted by Crippen LogP contribution is 2.19. The van der Waals surface area contributed by atoms with Crippen LogP contribution in [0.4, 0.5) is 0 Å². The molecule has 0 rings (SSSR count). The minimum Gasteiger partial charge on any atom is -0.466 e. The topological polar surface area (TPSA) is 50.1 Å². The van der Waals surface area contributed by atoms with Crippen molar-refractivity contribution >= 4 is 14.0 Å². The van der Waals surface area contributed by atoms with Gasteiger partial charge in [-0.05, 0) is 13.0 Å². The zero-order chi connectivity index (χ0) is 11.2. The summed E-state index contributed by atoms with van der Waals surface area (Å²) < 4.78 is 4.81. The second-order valence-corrected chi connectivity index (χ2v) is 10.1. The molecule has 0 saturated carbocycles. The van der Waals surface area contributed by atoms with Gasteiger partial charge in [0, 0.05) is 8.07 Å². The Morgan fingerprint density at radius 3 is 2.43 bits per heavy atom. The lowest BCUT2D eigenvalue weighted by Crippen LogP contribution is -2.25. The molecule has 0 heterocycles. The maximum atomic E-state index is 11.1. The van der Waals surface area contributed by atoms with Crippen molar-refractivity contribution in [2.24, 2.45) is 5.92 Å². The minimum atomic E-state index is -1.26. The Labute approximate surface area is 87.1 Å². The summed E-state index contributed by atoms with van der Waals surface area (Å²) in [6, 6.07) is 3.05. The molecule has 3 nitrogen and oxygen atoms in total. The van der Waals surface area contributed by atoms with Gasteiger partial charge in [-0.25, -0.2) is 0 Å². The number of esters is 1. The van der Waals surface area contributed by atoms with Crippen LogP contribution in [0.25, 0.3) is 0 Å². The Bertz CT molecular complexity index is 227. The molecule has 0 aromatic carbocycles. The van der Waals surface area contributed by atoms with E-state index in [1.807, 2.05) is 0 Å². The Hall–Kier alpha value is -0.823. The minimum absolute atomic E-state index is 0.166. The molecule has 0 bridgehead atoms. The first-order chi connectivity index (χ1) is 6.39. The van der Waals surface area contributed by atoms with Gasteiger partial charge >= 0.3 is 5.97 Å². The van der Waals surface area contributed by atoms with Gasteiger partial charge in [0.15, 0.2) is 0 Å². The predicted octanol–water partition coefficient (Wildman–Crippen LogP) is 2.42. The molecular formula is C10H19NO2Si. The average molecular weight is 213 g/mol. The number of nitrogens with zero attached hydrogens (tertiary/aromatic N) is 1. The maximum absolute atomic E-state index is 11.1. The van der Waals surface area contributed by atoms with E-state index in [2.05, 4.69) is 25.7 Å². The van der Waals surface area contributed by atoms with Crippen LogP contribution in [0.15, 0.2) is 0 Å². The Kier molecular flexibility index (Phi) is 5.47. The smallest absolute Gasteiger partial charge is 0.307 e. The van der Waals surface area contributed by atoms with Crippen LogP contribution in [0.1, 0.15) is 13.3 Å². The molecule has 0 aromatic heterocycles. The summed E-state index contributed by atoms with van der Waals surface area (Å²) in [5.41, 5.74) is 0. The van der Waals surface area contributed by atoms with Crippen LogP contribution in [-0.2, 0) is 9.53 Å². The molecule has 1 atom stereocenters. The lowest BCUT2D eigenvalue weighted by molar-refractivity contribution is -0.143. The van der Waals surface area contributed by atoms with E-state index in [0.29, 0.717) is 6.61 Å².